The fourth-order valence-corrected chi connectivity index (χ4v) is 4.22. The molecule has 0 bridgehead atoms. The van der Waals surface area contributed by atoms with Crippen LogP contribution in [0.2, 0.25) is 0 Å². The number of fused-ring (bicyclic) bond motifs is 1. The Hall–Kier alpha value is -2.38. The summed E-state index contributed by atoms with van der Waals surface area (Å²) in [6, 6.07) is 14.1. The van der Waals surface area contributed by atoms with E-state index in [1.54, 1.807) is 17.0 Å². The number of benzene rings is 2. The quantitative estimate of drug-likeness (QED) is 0.693. The molecule has 3 rings (SSSR count). The standard InChI is InChI=1S/C22H27NO5S/c1-16-9-11-19(12-10-16)29(25,26)27-15-17-13-18-7-5-6-8-20(18)23(14-17)21(24)28-22(2,3)4/h5-12,17H,13-15H2,1-4H3/t17-/m1/s1. The van der Waals surface area contributed by atoms with Crippen LogP contribution in [0.4, 0.5) is 10.5 Å². The monoisotopic (exact) mass is 417 g/mol. The fraction of sp³-hybridized carbons (Fsp3) is 0.409. The van der Waals surface area contributed by atoms with E-state index in [4.69, 9.17) is 8.92 Å². The number of anilines is 1. The highest BCUT2D eigenvalue weighted by molar-refractivity contribution is 7.86. The summed E-state index contributed by atoms with van der Waals surface area (Å²) >= 11 is 0. The molecule has 1 amide bonds. The number of carbonyl (C=O) groups is 1. The van der Waals surface area contributed by atoms with Gasteiger partial charge in [-0.2, -0.15) is 8.42 Å². The van der Waals surface area contributed by atoms with Gasteiger partial charge in [-0.3, -0.25) is 9.08 Å². The molecular formula is C22H27NO5S. The van der Waals surface area contributed by atoms with Gasteiger partial charge in [0, 0.05) is 12.5 Å². The van der Waals surface area contributed by atoms with Crippen molar-refractivity contribution in [1.29, 1.82) is 0 Å². The summed E-state index contributed by atoms with van der Waals surface area (Å²) in [6.45, 7) is 7.65. The first kappa shape index (κ1) is 21.3. The number of hydrogen-bond acceptors (Lipinski definition) is 5. The molecule has 0 spiro atoms. The average Bonchev–Trinajstić information content (AvgIpc) is 2.65. The van der Waals surface area contributed by atoms with Crippen LogP contribution in [-0.4, -0.2) is 33.3 Å². The first-order valence-corrected chi connectivity index (χ1v) is 11.0. The third-order valence-electron chi connectivity index (χ3n) is 4.61. The highest BCUT2D eigenvalue weighted by Gasteiger charge is 2.32. The van der Waals surface area contributed by atoms with Crippen molar-refractivity contribution in [2.75, 3.05) is 18.1 Å². The molecule has 0 saturated heterocycles. The molecular weight excluding hydrogens is 390 g/mol. The van der Waals surface area contributed by atoms with Crippen LogP contribution in [-0.2, 0) is 25.5 Å². The topological polar surface area (TPSA) is 72.9 Å². The maximum atomic E-state index is 12.7. The maximum Gasteiger partial charge on any atom is 0.414 e. The summed E-state index contributed by atoms with van der Waals surface area (Å²) in [5, 5.41) is 0. The smallest absolute Gasteiger partial charge is 0.414 e. The first-order chi connectivity index (χ1) is 13.5. The predicted octanol–water partition coefficient (Wildman–Crippen LogP) is 4.31. The van der Waals surface area contributed by atoms with Gasteiger partial charge in [-0.25, -0.2) is 4.79 Å². The minimum atomic E-state index is -3.86. The molecule has 156 valence electrons. The van der Waals surface area contributed by atoms with E-state index in [-0.39, 0.29) is 17.4 Å². The van der Waals surface area contributed by atoms with Crippen molar-refractivity contribution >= 4 is 21.9 Å². The van der Waals surface area contributed by atoms with Gasteiger partial charge >= 0.3 is 6.09 Å². The molecule has 7 heteroatoms. The van der Waals surface area contributed by atoms with Crippen molar-refractivity contribution in [1.82, 2.24) is 0 Å². The van der Waals surface area contributed by atoms with Gasteiger partial charge in [-0.05, 0) is 57.9 Å². The molecule has 2 aromatic rings. The van der Waals surface area contributed by atoms with Crippen LogP contribution >= 0.6 is 0 Å². The molecule has 1 atom stereocenters. The highest BCUT2D eigenvalue weighted by Crippen LogP contribution is 2.31. The Balaban J connectivity index is 1.76. The Kier molecular flexibility index (Phi) is 6.00. The first-order valence-electron chi connectivity index (χ1n) is 9.60. The van der Waals surface area contributed by atoms with Crippen LogP contribution in [0.1, 0.15) is 31.9 Å². The van der Waals surface area contributed by atoms with Crippen molar-refractivity contribution in [2.24, 2.45) is 5.92 Å². The zero-order chi connectivity index (χ0) is 21.2. The van der Waals surface area contributed by atoms with Gasteiger partial charge in [0.2, 0.25) is 0 Å². The number of nitrogens with zero attached hydrogens (tertiary/aromatic N) is 1. The minimum Gasteiger partial charge on any atom is -0.443 e. The van der Waals surface area contributed by atoms with E-state index in [0.717, 1.165) is 16.8 Å². The van der Waals surface area contributed by atoms with Gasteiger partial charge in [0.15, 0.2) is 0 Å². The summed E-state index contributed by atoms with van der Waals surface area (Å²) in [7, 11) is -3.86. The van der Waals surface area contributed by atoms with E-state index in [1.807, 2.05) is 52.0 Å². The number of aryl methyl sites for hydroxylation is 1. The lowest BCUT2D eigenvalue weighted by atomic mass is 9.93. The van der Waals surface area contributed by atoms with Crippen LogP contribution in [0.15, 0.2) is 53.4 Å². The van der Waals surface area contributed by atoms with Crippen molar-refractivity contribution in [3.05, 3.63) is 59.7 Å². The van der Waals surface area contributed by atoms with Crippen molar-refractivity contribution in [3.8, 4) is 0 Å². The van der Waals surface area contributed by atoms with Crippen LogP contribution in [0.3, 0.4) is 0 Å². The predicted molar refractivity (Wildman–Crippen MR) is 112 cm³/mol. The van der Waals surface area contributed by atoms with E-state index < -0.39 is 21.8 Å². The minimum absolute atomic E-state index is 0.0101. The number of hydrogen-bond donors (Lipinski definition) is 0. The van der Waals surface area contributed by atoms with Crippen molar-refractivity contribution in [2.45, 2.75) is 44.6 Å². The second-order valence-electron chi connectivity index (χ2n) is 8.34. The number of carbonyl (C=O) groups excluding carboxylic acids is 1. The molecule has 0 N–H and O–H groups in total. The van der Waals surface area contributed by atoms with E-state index in [2.05, 4.69) is 0 Å². The molecule has 1 heterocycles. The molecule has 0 unspecified atom stereocenters. The summed E-state index contributed by atoms with van der Waals surface area (Å²) in [5.74, 6) is -0.169. The SMILES string of the molecule is Cc1ccc(S(=O)(=O)OC[C@@H]2Cc3ccccc3N(C(=O)OC(C)(C)C)C2)cc1. The van der Waals surface area contributed by atoms with Gasteiger partial charge in [-0.15, -0.1) is 0 Å². The summed E-state index contributed by atoms with van der Waals surface area (Å²) in [5.41, 5.74) is 2.11. The van der Waals surface area contributed by atoms with Gasteiger partial charge in [-0.1, -0.05) is 35.9 Å². The zero-order valence-electron chi connectivity index (χ0n) is 17.2. The Morgan fingerprint density at radius 2 is 1.76 bits per heavy atom. The third kappa shape index (κ3) is 5.36. The van der Waals surface area contributed by atoms with Gasteiger partial charge in [0.05, 0.1) is 17.2 Å². The Morgan fingerprint density at radius 1 is 1.10 bits per heavy atom. The lowest BCUT2D eigenvalue weighted by Crippen LogP contribution is -2.44. The molecule has 0 fully saturated rings. The van der Waals surface area contributed by atoms with Gasteiger partial charge in [0.1, 0.15) is 5.60 Å². The van der Waals surface area contributed by atoms with Gasteiger partial charge in [0.25, 0.3) is 10.1 Å². The average molecular weight is 418 g/mol. The van der Waals surface area contributed by atoms with E-state index in [9.17, 15) is 13.2 Å². The molecule has 2 aromatic carbocycles. The van der Waals surface area contributed by atoms with Crippen molar-refractivity contribution < 1.29 is 22.1 Å². The van der Waals surface area contributed by atoms with Crippen LogP contribution < -0.4 is 4.90 Å². The largest absolute Gasteiger partial charge is 0.443 e. The van der Waals surface area contributed by atoms with E-state index in [1.165, 1.54) is 12.1 Å². The lowest BCUT2D eigenvalue weighted by Gasteiger charge is -2.35. The molecule has 0 saturated carbocycles. The Bertz CT molecular complexity index is 977. The number of rotatable bonds is 4. The number of amides is 1. The van der Waals surface area contributed by atoms with Gasteiger partial charge < -0.3 is 4.74 Å². The normalized spacial score (nSPS) is 17.0. The Labute approximate surface area is 172 Å². The highest BCUT2D eigenvalue weighted by atomic mass is 32.2. The fourth-order valence-electron chi connectivity index (χ4n) is 3.24. The summed E-state index contributed by atoms with van der Waals surface area (Å²) in [4.78, 5) is 14.4. The number of para-hydroxylation sites is 1. The molecule has 1 aliphatic heterocycles. The van der Waals surface area contributed by atoms with E-state index in [0.29, 0.717) is 13.0 Å². The second kappa shape index (κ2) is 8.16. The second-order valence-corrected chi connectivity index (χ2v) is 9.96. The van der Waals surface area contributed by atoms with Crippen LogP contribution in [0.5, 0.6) is 0 Å². The molecule has 0 radical (unpaired) electrons. The molecule has 6 nitrogen and oxygen atoms in total. The van der Waals surface area contributed by atoms with Crippen LogP contribution in [0, 0.1) is 12.8 Å². The molecule has 0 aliphatic carbocycles. The van der Waals surface area contributed by atoms with E-state index >= 15 is 0 Å². The van der Waals surface area contributed by atoms with Crippen LogP contribution in [0.25, 0.3) is 0 Å². The summed E-state index contributed by atoms with van der Waals surface area (Å²) in [6.07, 6.45) is 0.176. The third-order valence-corrected chi connectivity index (χ3v) is 5.91. The maximum absolute atomic E-state index is 12.7. The number of ether oxygens (including phenoxy) is 1. The molecule has 29 heavy (non-hydrogen) atoms. The molecule has 0 aromatic heterocycles. The van der Waals surface area contributed by atoms with Crippen molar-refractivity contribution in [3.63, 3.8) is 0 Å². The summed E-state index contributed by atoms with van der Waals surface area (Å²) < 4.78 is 35.9. The zero-order valence-corrected chi connectivity index (χ0v) is 18.0. The molecule has 1 aliphatic rings. The lowest BCUT2D eigenvalue weighted by molar-refractivity contribution is 0.0567. The Morgan fingerprint density at radius 3 is 2.41 bits per heavy atom.